The van der Waals surface area contributed by atoms with Gasteiger partial charge in [-0.1, -0.05) is 6.07 Å². The quantitative estimate of drug-likeness (QED) is 0.804. The molecular weight excluding hydrogens is 366 g/mol. The minimum absolute atomic E-state index is 0.250. The van der Waals surface area contributed by atoms with Gasteiger partial charge < -0.3 is 19.7 Å². The van der Waals surface area contributed by atoms with E-state index in [2.05, 4.69) is 35.0 Å². The van der Waals surface area contributed by atoms with Crippen molar-refractivity contribution >= 4 is 17.3 Å². The third-order valence-electron chi connectivity index (χ3n) is 5.38. The van der Waals surface area contributed by atoms with Gasteiger partial charge in [0.15, 0.2) is 0 Å². The first kappa shape index (κ1) is 21.0. The average Bonchev–Trinajstić information content (AvgIpc) is 2.72. The molecule has 0 spiro atoms. The summed E-state index contributed by atoms with van der Waals surface area (Å²) in [5.41, 5.74) is 3.40. The van der Waals surface area contributed by atoms with Gasteiger partial charge in [-0.15, -0.1) is 0 Å². The van der Waals surface area contributed by atoms with Crippen molar-refractivity contribution in [3.05, 3.63) is 47.5 Å². The van der Waals surface area contributed by atoms with Crippen LogP contribution in [0.3, 0.4) is 0 Å². The molecule has 0 bridgehead atoms. The second-order valence-electron chi connectivity index (χ2n) is 7.67. The molecule has 0 radical (unpaired) electrons. The van der Waals surface area contributed by atoms with Gasteiger partial charge in [0.25, 0.3) is 5.91 Å². The third kappa shape index (κ3) is 4.82. The number of methoxy groups -OCH3 is 2. The number of carbonyl (C=O) groups is 1. The second-order valence-corrected chi connectivity index (χ2v) is 7.67. The van der Waals surface area contributed by atoms with Gasteiger partial charge >= 0.3 is 0 Å². The maximum atomic E-state index is 13.0. The Labute approximate surface area is 173 Å². The van der Waals surface area contributed by atoms with Crippen LogP contribution in [0, 0.1) is 6.92 Å². The SMILES string of the molecule is COc1cccc(OC)c1C(=O)Nc1cc(C)cc(N2CCN(C(C)C)CC2)c1. The Bertz CT molecular complexity index is 836. The summed E-state index contributed by atoms with van der Waals surface area (Å²) >= 11 is 0. The van der Waals surface area contributed by atoms with Crippen LogP contribution < -0.4 is 19.7 Å². The van der Waals surface area contributed by atoms with Crippen LogP contribution in [0.15, 0.2) is 36.4 Å². The lowest BCUT2D eigenvalue weighted by Crippen LogP contribution is -2.48. The van der Waals surface area contributed by atoms with E-state index in [0.717, 1.165) is 43.1 Å². The van der Waals surface area contributed by atoms with Gasteiger partial charge in [0.1, 0.15) is 17.1 Å². The molecule has 2 aromatic carbocycles. The van der Waals surface area contributed by atoms with E-state index in [-0.39, 0.29) is 5.91 Å². The molecule has 1 aliphatic rings. The third-order valence-corrected chi connectivity index (χ3v) is 5.38. The zero-order valence-electron chi connectivity index (χ0n) is 18.0. The highest BCUT2D eigenvalue weighted by atomic mass is 16.5. The summed E-state index contributed by atoms with van der Waals surface area (Å²) in [4.78, 5) is 17.9. The first-order valence-corrected chi connectivity index (χ1v) is 10.1. The number of amides is 1. The smallest absolute Gasteiger partial charge is 0.263 e. The predicted molar refractivity (Wildman–Crippen MR) is 118 cm³/mol. The van der Waals surface area contributed by atoms with Crippen LogP contribution in [-0.2, 0) is 0 Å². The van der Waals surface area contributed by atoms with Crippen LogP contribution in [-0.4, -0.2) is 57.2 Å². The molecular formula is C23H31N3O3. The molecule has 0 aromatic heterocycles. The lowest BCUT2D eigenvalue weighted by atomic mass is 10.1. The zero-order valence-corrected chi connectivity index (χ0v) is 18.0. The maximum Gasteiger partial charge on any atom is 0.263 e. The van der Waals surface area contributed by atoms with E-state index in [4.69, 9.17) is 9.47 Å². The summed E-state index contributed by atoms with van der Waals surface area (Å²) in [6.07, 6.45) is 0. The van der Waals surface area contributed by atoms with Crippen molar-refractivity contribution in [3.8, 4) is 11.5 Å². The predicted octanol–water partition coefficient (Wildman–Crippen LogP) is 3.79. The average molecular weight is 398 g/mol. The Morgan fingerprint density at radius 2 is 1.62 bits per heavy atom. The molecule has 1 fully saturated rings. The first-order valence-electron chi connectivity index (χ1n) is 10.1. The molecule has 1 N–H and O–H groups in total. The van der Waals surface area contributed by atoms with Gasteiger partial charge in [-0.05, 0) is 56.7 Å². The summed E-state index contributed by atoms with van der Waals surface area (Å²) < 4.78 is 10.7. The van der Waals surface area contributed by atoms with E-state index in [1.807, 2.05) is 19.1 Å². The standard InChI is InChI=1S/C23H31N3O3/c1-16(2)25-9-11-26(12-10-25)19-14-17(3)13-18(15-19)24-23(27)22-20(28-4)7-6-8-21(22)29-5/h6-8,13-16H,9-12H2,1-5H3,(H,24,27). The molecule has 1 heterocycles. The van der Waals surface area contributed by atoms with Crippen molar-refractivity contribution in [1.29, 1.82) is 0 Å². The van der Waals surface area contributed by atoms with E-state index < -0.39 is 0 Å². The lowest BCUT2D eigenvalue weighted by Gasteiger charge is -2.38. The van der Waals surface area contributed by atoms with Gasteiger partial charge in [0, 0.05) is 43.6 Å². The van der Waals surface area contributed by atoms with E-state index in [9.17, 15) is 4.79 Å². The molecule has 0 saturated carbocycles. The molecule has 0 aliphatic carbocycles. The summed E-state index contributed by atoms with van der Waals surface area (Å²) in [6.45, 7) is 10.6. The van der Waals surface area contributed by atoms with Crippen LogP contribution in [0.5, 0.6) is 11.5 Å². The minimum atomic E-state index is -0.250. The fourth-order valence-corrected chi connectivity index (χ4v) is 3.78. The normalized spacial score (nSPS) is 14.8. The molecule has 1 aliphatic heterocycles. The van der Waals surface area contributed by atoms with Gasteiger partial charge in [-0.2, -0.15) is 0 Å². The Kier molecular flexibility index (Phi) is 6.64. The number of hydrogen-bond acceptors (Lipinski definition) is 5. The fourth-order valence-electron chi connectivity index (χ4n) is 3.78. The highest BCUT2D eigenvalue weighted by Crippen LogP contribution is 2.30. The summed E-state index contributed by atoms with van der Waals surface area (Å²) in [6, 6.07) is 12.1. The largest absolute Gasteiger partial charge is 0.496 e. The number of nitrogens with one attached hydrogen (secondary N) is 1. The van der Waals surface area contributed by atoms with Gasteiger partial charge in [0.2, 0.25) is 0 Å². The summed E-state index contributed by atoms with van der Waals surface area (Å²) in [5, 5.41) is 3.02. The Morgan fingerprint density at radius 1 is 1.00 bits per heavy atom. The molecule has 6 heteroatoms. The van der Waals surface area contributed by atoms with E-state index in [0.29, 0.717) is 23.1 Å². The number of benzene rings is 2. The van der Waals surface area contributed by atoms with E-state index >= 15 is 0 Å². The van der Waals surface area contributed by atoms with Crippen molar-refractivity contribution in [2.75, 3.05) is 50.6 Å². The fraction of sp³-hybridized carbons (Fsp3) is 0.435. The second kappa shape index (κ2) is 9.18. The Hall–Kier alpha value is -2.73. The van der Waals surface area contributed by atoms with Crippen LogP contribution >= 0.6 is 0 Å². The molecule has 3 rings (SSSR count). The number of carbonyl (C=O) groups excluding carboxylic acids is 1. The number of rotatable bonds is 6. The van der Waals surface area contributed by atoms with E-state index in [1.54, 1.807) is 32.4 Å². The van der Waals surface area contributed by atoms with Gasteiger partial charge in [0.05, 0.1) is 14.2 Å². The molecule has 6 nitrogen and oxygen atoms in total. The number of anilines is 2. The molecule has 156 valence electrons. The molecule has 29 heavy (non-hydrogen) atoms. The summed E-state index contributed by atoms with van der Waals surface area (Å²) in [5.74, 6) is 0.722. The highest BCUT2D eigenvalue weighted by molar-refractivity contribution is 6.08. The Morgan fingerprint density at radius 3 is 2.17 bits per heavy atom. The highest BCUT2D eigenvalue weighted by Gasteiger charge is 2.21. The summed E-state index contributed by atoms with van der Waals surface area (Å²) in [7, 11) is 3.10. The molecule has 0 unspecified atom stereocenters. The Balaban J connectivity index is 1.80. The van der Waals surface area contributed by atoms with Gasteiger partial charge in [-0.3, -0.25) is 9.69 Å². The number of ether oxygens (including phenoxy) is 2. The molecule has 2 aromatic rings. The van der Waals surface area contributed by atoms with Crippen LogP contribution in [0.2, 0.25) is 0 Å². The minimum Gasteiger partial charge on any atom is -0.496 e. The first-order chi connectivity index (χ1) is 13.9. The molecule has 0 atom stereocenters. The molecule has 1 amide bonds. The van der Waals surface area contributed by atoms with Crippen LogP contribution in [0.4, 0.5) is 11.4 Å². The van der Waals surface area contributed by atoms with Crippen molar-refractivity contribution in [1.82, 2.24) is 4.90 Å². The number of piperazine rings is 1. The lowest BCUT2D eigenvalue weighted by molar-refractivity contribution is 0.102. The number of aryl methyl sites for hydroxylation is 1. The monoisotopic (exact) mass is 397 g/mol. The van der Waals surface area contributed by atoms with Crippen LogP contribution in [0.1, 0.15) is 29.8 Å². The number of nitrogens with zero attached hydrogens (tertiary/aromatic N) is 2. The van der Waals surface area contributed by atoms with E-state index in [1.165, 1.54) is 0 Å². The topological polar surface area (TPSA) is 54.0 Å². The van der Waals surface area contributed by atoms with Crippen molar-refractivity contribution in [2.24, 2.45) is 0 Å². The van der Waals surface area contributed by atoms with Crippen molar-refractivity contribution in [3.63, 3.8) is 0 Å². The maximum absolute atomic E-state index is 13.0. The zero-order chi connectivity index (χ0) is 21.0. The molecule has 1 saturated heterocycles. The number of hydrogen-bond donors (Lipinski definition) is 1. The van der Waals surface area contributed by atoms with Crippen LogP contribution in [0.25, 0.3) is 0 Å². The van der Waals surface area contributed by atoms with Gasteiger partial charge in [-0.25, -0.2) is 0 Å². The van der Waals surface area contributed by atoms with Crippen molar-refractivity contribution in [2.45, 2.75) is 26.8 Å². The van der Waals surface area contributed by atoms with Crippen molar-refractivity contribution < 1.29 is 14.3 Å².